The summed E-state index contributed by atoms with van der Waals surface area (Å²) in [7, 11) is 0. The average Bonchev–Trinajstić information content (AvgIpc) is 2.37. The first-order valence-electron chi connectivity index (χ1n) is 2.84. The lowest BCUT2D eigenvalue weighted by molar-refractivity contribution is 0.684. The molecular weight excluding hydrogens is 216 g/mol. The molecule has 1 rings (SSSR count). The molecule has 2 nitrogen and oxygen atoms in total. The maximum absolute atomic E-state index is 4.27. The summed E-state index contributed by atoms with van der Waals surface area (Å²) in [5.41, 5.74) is 0. The maximum Gasteiger partial charge on any atom is 0.153 e. The summed E-state index contributed by atoms with van der Waals surface area (Å²) in [5.74, 6) is 0. The standard InChI is InChI=1S/C5H8N2S4/c8-4(9)5(10,11)7-2-1-6-3-7/h1-4,8-11H. The maximum atomic E-state index is 4.27. The molecule has 0 aliphatic rings. The Morgan fingerprint density at radius 3 is 2.36 bits per heavy atom. The van der Waals surface area contributed by atoms with Gasteiger partial charge in [0.05, 0.1) is 10.9 Å². The van der Waals surface area contributed by atoms with E-state index in [0.717, 1.165) is 0 Å². The van der Waals surface area contributed by atoms with Gasteiger partial charge in [-0.05, 0) is 0 Å². The van der Waals surface area contributed by atoms with Gasteiger partial charge < -0.3 is 4.57 Å². The van der Waals surface area contributed by atoms with Gasteiger partial charge in [-0.15, -0.1) is 25.3 Å². The monoisotopic (exact) mass is 224 g/mol. The van der Waals surface area contributed by atoms with E-state index in [2.05, 4.69) is 55.5 Å². The van der Waals surface area contributed by atoms with Crippen molar-refractivity contribution in [2.45, 2.75) is 8.78 Å². The van der Waals surface area contributed by atoms with Crippen LogP contribution in [-0.4, -0.2) is 14.1 Å². The number of rotatable bonds is 2. The Morgan fingerprint density at radius 2 is 2.00 bits per heavy atom. The fraction of sp³-hybridized carbons (Fsp3) is 0.400. The summed E-state index contributed by atoms with van der Waals surface area (Å²) in [4.78, 5) is 3.87. The van der Waals surface area contributed by atoms with Crippen molar-refractivity contribution in [1.29, 1.82) is 0 Å². The summed E-state index contributed by atoms with van der Waals surface area (Å²) in [5, 5.41) is 0. The molecule has 0 fully saturated rings. The van der Waals surface area contributed by atoms with E-state index in [9.17, 15) is 0 Å². The van der Waals surface area contributed by atoms with Crippen LogP contribution < -0.4 is 0 Å². The van der Waals surface area contributed by atoms with Crippen molar-refractivity contribution < 1.29 is 0 Å². The normalized spacial score (nSPS) is 12.5. The van der Waals surface area contributed by atoms with Gasteiger partial charge >= 0.3 is 0 Å². The minimum Gasteiger partial charge on any atom is -0.312 e. The third kappa shape index (κ3) is 2.05. The van der Waals surface area contributed by atoms with Crippen LogP contribution in [0.25, 0.3) is 0 Å². The van der Waals surface area contributed by atoms with Crippen LogP contribution in [0.4, 0.5) is 0 Å². The van der Waals surface area contributed by atoms with Gasteiger partial charge in [0.15, 0.2) is 4.20 Å². The number of hydrogen-bond acceptors (Lipinski definition) is 5. The van der Waals surface area contributed by atoms with Crippen LogP contribution >= 0.6 is 50.5 Å². The zero-order valence-electron chi connectivity index (χ0n) is 5.49. The molecule has 0 saturated carbocycles. The Bertz CT molecular complexity index is 218. The smallest absolute Gasteiger partial charge is 0.153 e. The van der Waals surface area contributed by atoms with Gasteiger partial charge in [0, 0.05) is 12.4 Å². The second-order valence-corrected chi connectivity index (χ2v) is 5.19. The first kappa shape index (κ1) is 9.70. The summed E-state index contributed by atoms with van der Waals surface area (Å²) in [6, 6.07) is 0. The van der Waals surface area contributed by atoms with E-state index in [1.54, 1.807) is 23.3 Å². The molecule has 1 aromatic heterocycles. The molecule has 0 N–H and O–H groups in total. The number of hydrogen-bond donors (Lipinski definition) is 4. The first-order valence-corrected chi connectivity index (χ1v) is 4.77. The van der Waals surface area contributed by atoms with E-state index in [1.807, 2.05) is 0 Å². The van der Waals surface area contributed by atoms with Crippen molar-refractivity contribution in [3.05, 3.63) is 18.7 Å². The molecule has 62 valence electrons. The summed E-state index contributed by atoms with van der Waals surface area (Å²) in [6.45, 7) is 0. The fourth-order valence-electron chi connectivity index (χ4n) is 0.587. The topological polar surface area (TPSA) is 17.8 Å². The Kier molecular flexibility index (Phi) is 3.13. The van der Waals surface area contributed by atoms with Gasteiger partial charge in [-0.3, -0.25) is 0 Å². The van der Waals surface area contributed by atoms with Crippen molar-refractivity contribution >= 4 is 50.5 Å². The molecule has 6 heteroatoms. The number of imidazole rings is 1. The molecule has 0 aliphatic carbocycles. The Hall–Kier alpha value is 0.610. The molecule has 0 radical (unpaired) electrons. The molecule has 0 spiro atoms. The van der Waals surface area contributed by atoms with Crippen molar-refractivity contribution in [1.82, 2.24) is 9.55 Å². The summed E-state index contributed by atoms with van der Waals surface area (Å²) in [6.07, 6.45) is 5.05. The highest BCUT2D eigenvalue weighted by Gasteiger charge is 2.27. The molecule has 0 bridgehead atoms. The molecule has 1 heterocycles. The Morgan fingerprint density at radius 1 is 1.36 bits per heavy atom. The quantitative estimate of drug-likeness (QED) is 0.443. The van der Waals surface area contributed by atoms with Crippen LogP contribution in [0.15, 0.2) is 18.7 Å². The van der Waals surface area contributed by atoms with E-state index in [-0.39, 0.29) is 4.58 Å². The van der Waals surface area contributed by atoms with Crippen molar-refractivity contribution in [2.24, 2.45) is 0 Å². The molecule has 11 heavy (non-hydrogen) atoms. The van der Waals surface area contributed by atoms with Gasteiger partial charge in [-0.25, -0.2) is 4.98 Å². The second kappa shape index (κ2) is 3.55. The summed E-state index contributed by atoms with van der Waals surface area (Å²) >= 11 is 16.8. The SMILES string of the molecule is SC(S)C(S)(S)n1ccnc1. The molecule has 0 saturated heterocycles. The number of aromatic nitrogens is 2. The van der Waals surface area contributed by atoms with Crippen LogP contribution in [0, 0.1) is 0 Å². The average molecular weight is 224 g/mol. The highest BCUT2D eigenvalue weighted by atomic mass is 32.2. The lowest BCUT2D eigenvalue weighted by Gasteiger charge is -2.26. The number of nitrogens with zero attached hydrogens (tertiary/aromatic N) is 2. The van der Waals surface area contributed by atoms with Crippen LogP contribution in [-0.2, 0) is 4.20 Å². The van der Waals surface area contributed by atoms with Crippen LogP contribution in [0.5, 0.6) is 0 Å². The predicted molar refractivity (Wildman–Crippen MR) is 59.9 cm³/mol. The lowest BCUT2D eigenvalue weighted by atomic mass is 10.7. The lowest BCUT2D eigenvalue weighted by Crippen LogP contribution is -2.26. The second-order valence-electron chi connectivity index (χ2n) is 2.03. The molecular formula is C5H8N2S4. The van der Waals surface area contributed by atoms with Gasteiger partial charge in [0.2, 0.25) is 0 Å². The molecule has 1 aromatic rings. The molecule has 0 aromatic carbocycles. The highest BCUT2D eigenvalue weighted by molar-refractivity contribution is 8.06. The van der Waals surface area contributed by atoms with E-state index in [0.29, 0.717) is 0 Å². The Labute approximate surface area is 87.4 Å². The van der Waals surface area contributed by atoms with E-state index >= 15 is 0 Å². The van der Waals surface area contributed by atoms with Gasteiger partial charge in [-0.1, -0.05) is 0 Å². The van der Waals surface area contributed by atoms with Crippen LogP contribution in [0.3, 0.4) is 0 Å². The van der Waals surface area contributed by atoms with Crippen molar-refractivity contribution in [3.63, 3.8) is 0 Å². The zero-order chi connectivity index (χ0) is 8.48. The molecule has 0 aliphatic heterocycles. The van der Waals surface area contributed by atoms with Crippen molar-refractivity contribution in [3.8, 4) is 0 Å². The van der Waals surface area contributed by atoms with E-state index < -0.39 is 4.20 Å². The van der Waals surface area contributed by atoms with Gasteiger partial charge in [-0.2, -0.15) is 25.3 Å². The van der Waals surface area contributed by atoms with E-state index in [4.69, 9.17) is 0 Å². The first-order chi connectivity index (χ1) is 5.05. The fourth-order valence-corrected chi connectivity index (χ4v) is 1.09. The largest absolute Gasteiger partial charge is 0.312 e. The highest BCUT2D eigenvalue weighted by Crippen LogP contribution is 2.35. The Balaban J connectivity index is 2.90. The third-order valence-corrected chi connectivity index (χ3v) is 3.77. The van der Waals surface area contributed by atoms with Gasteiger partial charge in [0.1, 0.15) is 0 Å². The minimum absolute atomic E-state index is 0.261. The van der Waals surface area contributed by atoms with Crippen molar-refractivity contribution in [2.75, 3.05) is 0 Å². The molecule has 0 atom stereocenters. The van der Waals surface area contributed by atoms with Gasteiger partial charge in [0.25, 0.3) is 0 Å². The van der Waals surface area contributed by atoms with Crippen LogP contribution in [0.2, 0.25) is 0 Å². The minimum atomic E-state index is -0.706. The number of thiol groups is 4. The third-order valence-electron chi connectivity index (χ3n) is 1.23. The predicted octanol–water partition coefficient (Wildman–Crippen LogP) is 1.54. The van der Waals surface area contributed by atoms with Crippen LogP contribution in [0.1, 0.15) is 0 Å². The molecule has 0 amide bonds. The van der Waals surface area contributed by atoms with E-state index in [1.165, 1.54) is 0 Å². The molecule has 0 unspecified atom stereocenters. The summed E-state index contributed by atoms with van der Waals surface area (Å²) < 4.78 is 0.760. The zero-order valence-corrected chi connectivity index (χ0v) is 9.07.